The molecule has 1 aromatic carbocycles. The number of fused-ring (bicyclic) bond motifs is 4. The second-order valence-electron chi connectivity index (χ2n) is 6.34. The van der Waals surface area contributed by atoms with Crippen LogP contribution in [-0.4, -0.2) is 46.5 Å². The van der Waals surface area contributed by atoms with E-state index in [1.54, 1.807) is 19.5 Å². The van der Waals surface area contributed by atoms with Gasteiger partial charge in [-0.3, -0.25) is 4.99 Å². The van der Waals surface area contributed by atoms with Gasteiger partial charge in [0.1, 0.15) is 5.75 Å². The molecule has 0 saturated carbocycles. The van der Waals surface area contributed by atoms with Crippen molar-refractivity contribution in [1.29, 1.82) is 0 Å². The van der Waals surface area contributed by atoms with Crippen LogP contribution in [-0.2, 0) is 12.8 Å². The number of hydrogen-bond donors (Lipinski definition) is 3. The molecule has 2 aliphatic rings. The van der Waals surface area contributed by atoms with Crippen LogP contribution in [0.4, 0.5) is 0 Å². The maximum atomic E-state index is 11.1. The summed E-state index contributed by atoms with van der Waals surface area (Å²) in [5.74, 6) is -1.36. The van der Waals surface area contributed by atoms with Gasteiger partial charge < -0.3 is 24.8 Å². The number of ether oxygens (including phenoxy) is 2. The highest BCUT2D eigenvalue weighted by Gasteiger charge is 2.51. The summed E-state index contributed by atoms with van der Waals surface area (Å²) in [5, 5.41) is 30.7. The fraction of sp³-hybridized carbons (Fsp3) is 0.333. The summed E-state index contributed by atoms with van der Waals surface area (Å²) in [5.41, 5.74) is 2.92. The van der Waals surface area contributed by atoms with Crippen LogP contribution in [0.25, 0.3) is 0 Å². The monoisotopic (exact) mass is 342 g/mol. The Kier molecular flexibility index (Phi) is 3.36. The Bertz CT molecular complexity index is 896. The molecule has 7 nitrogen and oxygen atoms in total. The number of methoxy groups -OCH3 is 1. The van der Waals surface area contributed by atoms with Crippen LogP contribution in [0.5, 0.6) is 23.1 Å². The number of phenolic OH excluding ortho intramolecular Hbond substituents is 2. The topological polar surface area (TPSA) is 104 Å². The normalized spacial score (nSPS) is 23.7. The zero-order valence-corrected chi connectivity index (χ0v) is 13.9. The van der Waals surface area contributed by atoms with E-state index in [0.717, 1.165) is 16.7 Å². The Balaban J connectivity index is 1.84. The van der Waals surface area contributed by atoms with Crippen molar-refractivity contribution in [2.75, 3.05) is 14.2 Å². The van der Waals surface area contributed by atoms with Crippen molar-refractivity contribution < 1.29 is 24.8 Å². The second kappa shape index (κ2) is 5.35. The van der Waals surface area contributed by atoms with E-state index in [1.165, 1.54) is 19.2 Å². The molecule has 2 atom stereocenters. The Morgan fingerprint density at radius 2 is 2.08 bits per heavy atom. The van der Waals surface area contributed by atoms with Crippen LogP contribution >= 0.6 is 0 Å². The van der Waals surface area contributed by atoms with Crippen LogP contribution in [0, 0.1) is 0 Å². The summed E-state index contributed by atoms with van der Waals surface area (Å²) in [6.45, 7) is 0. The van der Waals surface area contributed by atoms with Crippen LogP contribution < -0.4 is 9.47 Å². The minimum atomic E-state index is -1.46. The fourth-order valence-corrected chi connectivity index (χ4v) is 3.73. The first-order valence-electron chi connectivity index (χ1n) is 7.91. The lowest BCUT2D eigenvalue weighted by molar-refractivity contribution is -0.155. The third-order valence-electron chi connectivity index (χ3n) is 4.86. The van der Waals surface area contributed by atoms with Gasteiger partial charge in [-0.25, -0.2) is 4.98 Å². The molecule has 0 radical (unpaired) electrons. The molecule has 0 spiro atoms. The number of aliphatic imine (C=N–C) groups is 1. The first-order chi connectivity index (χ1) is 12.0. The molecule has 3 N–H and O–H groups in total. The van der Waals surface area contributed by atoms with E-state index < -0.39 is 5.79 Å². The summed E-state index contributed by atoms with van der Waals surface area (Å²) >= 11 is 0. The number of aromatic nitrogens is 1. The fourth-order valence-electron chi connectivity index (χ4n) is 3.73. The van der Waals surface area contributed by atoms with Crippen molar-refractivity contribution in [3.05, 3.63) is 40.6 Å². The molecule has 7 heteroatoms. The zero-order valence-electron chi connectivity index (χ0n) is 13.9. The lowest BCUT2D eigenvalue weighted by Gasteiger charge is -2.37. The van der Waals surface area contributed by atoms with E-state index >= 15 is 0 Å². The van der Waals surface area contributed by atoms with Crippen LogP contribution in [0.15, 0.2) is 23.3 Å². The van der Waals surface area contributed by atoms with E-state index in [2.05, 4.69) is 9.98 Å². The number of aromatic hydroxyl groups is 2. The lowest BCUT2D eigenvalue weighted by Crippen LogP contribution is -2.44. The largest absolute Gasteiger partial charge is 0.504 e. The molecule has 0 amide bonds. The third-order valence-corrected chi connectivity index (χ3v) is 4.86. The van der Waals surface area contributed by atoms with E-state index in [0.29, 0.717) is 23.6 Å². The summed E-state index contributed by atoms with van der Waals surface area (Å²) < 4.78 is 11.3. The molecule has 1 aromatic heterocycles. The van der Waals surface area contributed by atoms with Gasteiger partial charge in [0.25, 0.3) is 0 Å². The van der Waals surface area contributed by atoms with Gasteiger partial charge in [0.15, 0.2) is 11.5 Å². The quantitative estimate of drug-likeness (QED) is 0.564. The lowest BCUT2D eigenvalue weighted by atomic mass is 9.87. The minimum absolute atomic E-state index is 0.208. The Labute approximate surface area is 144 Å². The van der Waals surface area contributed by atoms with Gasteiger partial charge in [-0.15, -0.1) is 0 Å². The van der Waals surface area contributed by atoms with Crippen LogP contribution in [0.3, 0.4) is 0 Å². The molecule has 0 bridgehead atoms. The van der Waals surface area contributed by atoms with Crippen molar-refractivity contribution in [2.24, 2.45) is 4.99 Å². The molecule has 4 rings (SSSR count). The van der Waals surface area contributed by atoms with Gasteiger partial charge in [0, 0.05) is 31.4 Å². The van der Waals surface area contributed by atoms with Crippen molar-refractivity contribution in [3.63, 3.8) is 0 Å². The van der Waals surface area contributed by atoms with Gasteiger partial charge in [0.2, 0.25) is 11.7 Å². The average Bonchev–Trinajstić information content (AvgIpc) is 2.85. The predicted octanol–water partition coefficient (Wildman–Crippen LogP) is 1.51. The summed E-state index contributed by atoms with van der Waals surface area (Å²) in [7, 11) is 3.15. The van der Waals surface area contributed by atoms with Crippen molar-refractivity contribution in [1.82, 2.24) is 4.98 Å². The third kappa shape index (κ3) is 2.23. The molecule has 2 aromatic rings. The molecular formula is C18H18N2O5. The smallest absolute Gasteiger partial charge is 0.225 e. The highest BCUT2D eigenvalue weighted by molar-refractivity contribution is 5.87. The molecule has 0 saturated heterocycles. The van der Waals surface area contributed by atoms with Crippen LogP contribution in [0.2, 0.25) is 0 Å². The van der Waals surface area contributed by atoms with Gasteiger partial charge in [0.05, 0.1) is 18.6 Å². The highest BCUT2D eigenvalue weighted by Crippen LogP contribution is 2.51. The van der Waals surface area contributed by atoms with Crippen LogP contribution in [0.1, 0.15) is 28.2 Å². The number of benzene rings is 1. The van der Waals surface area contributed by atoms with Crippen molar-refractivity contribution in [2.45, 2.75) is 24.5 Å². The number of nitrogens with zero attached hydrogens (tertiary/aromatic N) is 2. The standard InChI is InChI=1S/C18H18N2O5/c1-19-8-12-16-10(7-20-17(12)24-2)3-13-11-5-15(22)14(21)4-9(11)6-18(13,23)25-16/h4-5,7-8,13,21-23H,3,6H2,1-2H3/t13?,18-/m0/s1. The Morgan fingerprint density at radius 1 is 1.32 bits per heavy atom. The summed E-state index contributed by atoms with van der Waals surface area (Å²) in [6.07, 6.45) is 3.96. The summed E-state index contributed by atoms with van der Waals surface area (Å²) in [6, 6.07) is 2.97. The first-order valence-corrected chi connectivity index (χ1v) is 7.91. The van der Waals surface area contributed by atoms with E-state index in [9.17, 15) is 15.3 Å². The Hall–Kier alpha value is -2.80. The van der Waals surface area contributed by atoms with Gasteiger partial charge in [-0.05, 0) is 29.7 Å². The van der Waals surface area contributed by atoms with Gasteiger partial charge >= 0.3 is 0 Å². The highest BCUT2D eigenvalue weighted by atomic mass is 16.6. The molecule has 1 aliphatic carbocycles. The minimum Gasteiger partial charge on any atom is -0.504 e. The molecule has 0 fully saturated rings. The number of rotatable bonds is 2. The summed E-state index contributed by atoms with van der Waals surface area (Å²) in [4.78, 5) is 8.31. The van der Waals surface area contributed by atoms with Gasteiger partial charge in [-0.1, -0.05) is 0 Å². The van der Waals surface area contributed by atoms with Gasteiger partial charge in [-0.2, -0.15) is 0 Å². The molecule has 1 aliphatic heterocycles. The Morgan fingerprint density at radius 3 is 2.80 bits per heavy atom. The molecule has 25 heavy (non-hydrogen) atoms. The first kappa shape index (κ1) is 15.7. The second-order valence-corrected chi connectivity index (χ2v) is 6.34. The maximum absolute atomic E-state index is 11.1. The molecule has 2 heterocycles. The number of phenols is 2. The van der Waals surface area contributed by atoms with Crippen molar-refractivity contribution in [3.8, 4) is 23.1 Å². The number of aliphatic hydroxyl groups is 1. The van der Waals surface area contributed by atoms with E-state index in [1.807, 2.05) is 0 Å². The molecule has 130 valence electrons. The SMILES string of the molecule is CN=Cc1c(OC)ncc2c1O[C@@]1(O)Cc3cc(O)c(O)cc3C1C2. The van der Waals surface area contributed by atoms with E-state index in [4.69, 9.17) is 9.47 Å². The zero-order chi connectivity index (χ0) is 17.8. The van der Waals surface area contributed by atoms with Crippen molar-refractivity contribution >= 4 is 6.21 Å². The average molecular weight is 342 g/mol. The number of hydrogen-bond acceptors (Lipinski definition) is 7. The maximum Gasteiger partial charge on any atom is 0.225 e. The molecule has 1 unspecified atom stereocenters. The number of pyridine rings is 1. The predicted molar refractivity (Wildman–Crippen MR) is 89.8 cm³/mol. The molecular weight excluding hydrogens is 324 g/mol. The van der Waals surface area contributed by atoms with E-state index in [-0.39, 0.29) is 23.8 Å².